The van der Waals surface area contributed by atoms with E-state index in [-0.39, 0.29) is 17.1 Å². The van der Waals surface area contributed by atoms with Gasteiger partial charge >= 0.3 is 0 Å². The van der Waals surface area contributed by atoms with Crippen molar-refractivity contribution < 1.29 is 18.7 Å². The molecule has 2 aromatic rings. The average molecular weight is 329 g/mol. The van der Waals surface area contributed by atoms with Crippen molar-refractivity contribution in [2.45, 2.75) is 25.0 Å². The highest BCUT2D eigenvalue weighted by Crippen LogP contribution is 2.31. The molecule has 24 heavy (non-hydrogen) atoms. The standard InChI is InChI=1S/C18H19NO5/c20-14-12-16(24-15-5-2-1-4-13(14)15)17(21)19-8-6-18(7-9-19)22-10-3-11-23-18/h1-2,4-5,12H,3,6-11H2. The van der Waals surface area contributed by atoms with Crippen molar-refractivity contribution in [2.75, 3.05) is 26.3 Å². The van der Waals surface area contributed by atoms with Gasteiger partial charge in [-0.1, -0.05) is 12.1 Å². The highest BCUT2D eigenvalue weighted by Gasteiger charge is 2.39. The molecule has 4 rings (SSSR count). The lowest BCUT2D eigenvalue weighted by Crippen LogP contribution is -2.51. The van der Waals surface area contributed by atoms with Gasteiger partial charge in [-0.15, -0.1) is 0 Å². The minimum absolute atomic E-state index is 0.0835. The third-order valence-corrected chi connectivity index (χ3v) is 4.68. The molecule has 6 nitrogen and oxygen atoms in total. The first-order valence-corrected chi connectivity index (χ1v) is 8.27. The van der Waals surface area contributed by atoms with Gasteiger partial charge in [0.15, 0.2) is 17.0 Å². The van der Waals surface area contributed by atoms with Crippen LogP contribution in [-0.2, 0) is 9.47 Å². The summed E-state index contributed by atoms with van der Waals surface area (Å²) in [7, 11) is 0. The summed E-state index contributed by atoms with van der Waals surface area (Å²) < 4.78 is 17.2. The highest BCUT2D eigenvalue weighted by molar-refractivity contribution is 5.93. The maximum absolute atomic E-state index is 12.7. The molecule has 1 amide bonds. The molecule has 2 aliphatic heterocycles. The van der Waals surface area contributed by atoms with E-state index in [1.807, 2.05) is 0 Å². The number of para-hydroxylation sites is 1. The van der Waals surface area contributed by atoms with Gasteiger partial charge in [0.1, 0.15) is 5.58 Å². The largest absolute Gasteiger partial charge is 0.451 e. The maximum Gasteiger partial charge on any atom is 0.289 e. The Morgan fingerprint density at radius 2 is 1.79 bits per heavy atom. The second-order valence-corrected chi connectivity index (χ2v) is 6.22. The molecule has 1 aromatic carbocycles. The van der Waals surface area contributed by atoms with Gasteiger partial charge in [0, 0.05) is 32.0 Å². The van der Waals surface area contributed by atoms with Crippen LogP contribution in [0.15, 0.2) is 39.5 Å². The number of benzene rings is 1. The van der Waals surface area contributed by atoms with E-state index in [9.17, 15) is 9.59 Å². The van der Waals surface area contributed by atoms with Crippen LogP contribution in [0.25, 0.3) is 11.0 Å². The second kappa shape index (κ2) is 6.03. The summed E-state index contributed by atoms with van der Waals surface area (Å²) in [5.74, 6) is -0.720. The fourth-order valence-corrected chi connectivity index (χ4v) is 3.32. The molecular weight excluding hydrogens is 310 g/mol. The average Bonchev–Trinajstić information content (AvgIpc) is 2.62. The summed E-state index contributed by atoms with van der Waals surface area (Å²) in [6.45, 7) is 2.45. The molecule has 0 radical (unpaired) electrons. The summed E-state index contributed by atoms with van der Waals surface area (Å²) in [5, 5.41) is 0.482. The van der Waals surface area contributed by atoms with Crippen molar-refractivity contribution in [1.82, 2.24) is 4.90 Å². The molecule has 6 heteroatoms. The molecule has 2 fully saturated rings. The lowest BCUT2D eigenvalue weighted by molar-refractivity contribution is -0.281. The summed E-state index contributed by atoms with van der Waals surface area (Å²) in [5.41, 5.74) is 0.230. The summed E-state index contributed by atoms with van der Waals surface area (Å²) in [4.78, 5) is 26.5. The predicted octanol–water partition coefficient (Wildman–Crippen LogP) is 2.16. The van der Waals surface area contributed by atoms with E-state index in [1.165, 1.54) is 6.07 Å². The Hall–Kier alpha value is -2.18. The monoisotopic (exact) mass is 329 g/mol. The van der Waals surface area contributed by atoms with Crippen molar-refractivity contribution >= 4 is 16.9 Å². The predicted molar refractivity (Wildman–Crippen MR) is 86.9 cm³/mol. The van der Waals surface area contributed by atoms with Crippen molar-refractivity contribution in [3.05, 3.63) is 46.3 Å². The van der Waals surface area contributed by atoms with E-state index >= 15 is 0 Å². The number of nitrogens with zero attached hydrogens (tertiary/aromatic N) is 1. The first-order chi connectivity index (χ1) is 11.7. The van der Waals surface area contributed by atoms with Gasteiger partial charge in [0.25, 0.3) is 5.91 Å². The topological polar surface area (TPSA) is 69.0 Å². The minimum Gasteiger partial charge on any atom is -0.451 e. The van der Waals surface area contributed by atoms with E-state index in [0.717, 1.165) is 6.42 Å². The number of carbonyl (C=O) groups excluding carboxylic acids is 1. The van der Waals surface area contributed by atoms with E-state index in [0.29, 0.717) is 50.1 Å². The van der Waals surface area contributed by atoms with Gasteiger partial charge in [-0.05, 0) is 18.6 Å². The van der Waals surface area contributed by atoms with Gasteiger partial charge in [0.2, 0.25) is 0 Å². The molecule has 2 saturated heterocycles. The van der Waals surface area contributed by atoms with Gasteiger partial charge in [-0.3, -0.25) is 9.59 Å². The van der Waals surface area contributed by atoms with E-state index in [1.54, 1.807) is 29.2 Å². The number of hydrogen-bond donors (Lipinski definition) is 0. The van der Waals surface area contributed by atoms with Crippen molar-refractivity contribution in [3.8, 4) is 0 Å². The van der Waals surface area contributed by atoms with Crippen LogP contribution in [0.1, 0.15) is 29.8 Å². The zero-order valence-electron chi connectivity index (χ0n) is 13.3. The molecule has 0 bridgehead atoms. The number of likely N-dealkylation sites (tertiary alicyclic amines) is 1. The Kier molecular flexibility index (Phi) is 3.86. The van der Waals surface area contributed by atoms with Gasteiger partial charge < -0.3 is 18.8 Å². The number of carbonyl (C=O) groups is 1. The van der Waals surface area contributed by atoms with Crippen LogP contribution in [0.4, 0.5) is 0 Å². The summed E-state index contributed by atoms with van der Waals surface area (Å²) >= 11 is 0. The number of fused-ring (bicyclic) bond motifs is 1. The Labute approximate surface area is 139 Å². The summed E-state index contributed by atoms with van der Waals surface area (Å²) in [6, 6.07) is 8.22. The van der Waals surface area contributed by atoms with E-state index < -0.39 is 5.79 Å². The third-order valence-electron chi connectivity index (χ3n) is 4.68. The number of amides is 1. The number of ether oxygens (including phenoxy) is 2. The number of rotatable bonds is 1. The molecule has 0 unspecified atom stereocenters. The van der Waals surface area contributed by atoms with Crippen LogP contribution in [0.2, 0.25) is 0 Å². The minimum atomic E-state index is -0.542. The molecule has 0 N–H and O–H groups in total. The highest BCUT2D eigenvalue weighted by atomic mass is 16.7. The normalized spacial score (nSPS) is 20.4. The van der Waals surface area contributed by atoms with Gasteiger partial charge in [0.05, 0.1) is 18.6 Å². The molecular formula is C18H19NO5. The van der Waals surface area contributed by atoms with Gasteiger partial charge in [-0.25, -0.2) is 0 Å². The third kappa shape index (κ3) is 2.72. The number of piperidine rings is 1. The molecule has 3 heterocycles. The first kappa shape index (κ1) is 15.4. The SMILES string of the molecule is O=C(c1cc(=O)c2ccccc2o1)N1CCC2(CC1)OCCCO2. The molecule has 0 saturated carbocycles. The lowest BCUT2D eigenvalue weighted by atomic mass is 10.0. The van der Waals surface area contributed by atoms with Crippen molar-refractivity contribution in [1.29, 1.82) is 0 Å². The van der Waals surface area contributed by atoms with Crippen molar-refractivity contribution in [2.24, 2.45) is 0 Å². The van der Waals surface area contributed by atoms with Crippen LogP contribution < -0.4 is 5.43 Å². The van der Waals surface area contributed by atoms with E-state index in [2.05, 4.69) is 0 Å². The van der Waals surface area contributed by atoms with Crippen LogP contribution in [0.5, 0.6) is 0 Å². The zero-order valence-corrected chi connectivity index (χ0v) is 13.3. The molecule has 0 atom stereocenters. The lowest BCUT2D eigenvalue weighted by Gasteiger charge is -2.43. The fourth-order valence-electron chi connectivity index (χ4n) is 3.32. The maximum atomic E-state index is 12.7. The Morgan fingerprint density at radius 1 is 1.08 bits per heavy atom. The molecule has 126 valence electrons. The Bertz CT molecular complexity index is 812. The quantitative estimate of drug-likeness (QED) is 0.802. The molecule has 1 aromatic heterocycles. The molecule has 1 spiro atoms. The molecule has 0 aliphatic carbocycles. The van der Waals surface area contributed by atoms with Gasteiger partial charge in [-0.2, -0.15) is 0 Å². The first-order valence-electron chi connectivity index (χ1n) is 8.27. The Balaban J connectivity index is 1.53. The van der Waals surface area contributed by atoms with Crippen LogP contribution in [0, 0.1) is 0 Å². The summed E-state index contributed by atoms with van der Waals surface area (Å²) in [6.07, 6.45) is 2.18. The second-order valence-electron chi connectivity index (χ2n) is 6.22. The van der Waals surface area contributed by atoms with Crippen LogP contribution in [0.3, 0.4) is 0 Å². The molecule has 2 aliphatic rings. The Morgan fingerprint density at radius 3 is 2.54 bits per heavy atom. The zero-order chi connectivity index (χ0) is 16.6. The van der Waals surface area contributed by atoms with Crippen LogP contribution in [-0.4, -0.2) is 42.9 Å². The fraction of sp³-hybridized carbons (Fsp3) is 0.444. The number of hydrogen-bond acceptors (Lipinski definition) is 5. The van der Waals surface area contributed by atoms with Crippen molar-refractivity contribution in [3.63, 3.8) is 0 Å². The smallest absolute Gasteiger partial charge is 0.289 e. The van der Waals surface area contributed by atoms with E-state index in [4.69, 9.17) is 13.9 Å². The van der Waals surface area contributed by atoms with Crippen LogP contribution >= 0.6 is 0 Å².